The van der Waals surface area contributed by atoms with Gasteiger partial charge >= 0.3 is 5.97 Å². The fraction of sp³-hybridized carbons (Fsp3) is 0.121. The molecule has 0 fully saturated rings. The number of halogens is 1. The lowest BCUT2D eigenvalue weighted by Gasteiger charge is -2.22. The molecule has 0 saturated carbocycles. The molecule has 4 aromatic carbocycles. The van der Waals surface area contributed by atoms with Gasteiger partial charge in [0.15, 0.2) is 12.4 Å². The second-order valence-corrected chi connectivity index (χ2v) is 10.3. The lowest BCUT2D eigenvalue weighted by atomic mass is 9.90. The van der Waals surface area contributed by atoms with Crippen molar-refractivity contribution in [3.8, 4) is 0 Å². The van der Waals surface area contributed by atoms with E-state index in [-0.39, 0.29) is 18.1 Å². The average molecular weight is 595 g/mol. The van der Waals surface area contributed by atoms with Crippen LogP contribution in [0.15, 0.2) is 120 Å². The smallest absolute Gasteiger partial charge is 0.329 e. The summed E-state index contributed by atoms with van der Waals surface area (Å²) in [5.74, 6) is -1.98. The molecule has 0 unspecified atom stereocenters. The molecule has 0 bridgehead atoms. The zero-order chi connectivity index (χ0) is 27.9. The maximum Gasteiger partial charge on any atom is 0.329 e. The summed E-state index contributed by atoms with van der Waals surface area (Å²) in [4.78, 5) is 43.2. The van der Waals surface area contributed by atoms with E-state index in [9.17, 15) is 14.4 Å². The van der Waals surface area contributed by atoms with E-state index in [2.05, 4.69) is 26.2 Å². The number of fused-ring (bicyclic) bond motifs is 1. The SMILES string of the molecule is O=C(COC(=O)[C@H](Cc1c[nH]c2ccccc12)NC(=O)C(c1ccccc1)c1ccccc1)c1ccc(Br)cc1. The normalized spacial score (nSPS) is 11.8. The molecule has 0 radical (unpaired) electrons. The van der Waals surface area contributed by atoms with Crippen LogP contribution in [0.4, 0.5) is 0 Å². The highest BCUT2D eigenvalue weighted by atomic mass is 79.9. The Hall–Kier alpha value is -4.49. The number of rotatable bonds is 10. The topological polar surface area (TPSA) is 88.3 Å². The van der Waals surface area contributed by atoms with Gasteiger partial charge in [-0.2, -0.15) is 0 Å². The van der Waals surface area contributed by atoms with E-state index in [0.717, 1.165) is 32.1 Å². The number of benzene rings is 4. The maximum absolute atomic E-state index is 13.8. The van der Waals surface area contributed by atoms with Crippen molar-refractivity contribution >= 4 is 44.5 Å². The van der Waals surface area contributed by atoms with Gasteiger partial charge in [0.2, 0.25) is 5.91 Å². The Morgan fingerprint density at radius 1 is 0.775 bits per heavy atom. The van der Waals surface area contributed by atoms with E-state index in [0.29, 0.717) is 5.56 Å². The monoisotopic (exact) mass is 594 g/mol. The molecule has 1 amide bonds. The number of Topliss-reactive ketones (excluding diaryl/α,β-unsaturated/α-hetero) is 1. The van der Waals surface area contributed by atoms with Gasteiger partial charge in [-0.3, -0.25) is 9.59 Å². The zero-order valence-corrected chi connectivity index (χ0v) is 23.1. The Morgan fingerprint density at radius 3 is 2.02 bits per heavy atom. The molecule has 5 rings (SSSR count). The number of carbonyl (C=O) groups is 3. The summed E-state index contributed by atoms with van der Waals surface area (Å²) in [5.41, 5.74) is 3.81. The number of H-pyrrole nitrogens is 1. The van der Waals surface area contributed by atoms with Gasteiger partial charge in [0.1, 0.15) is 6.04 Å². The summed E-state index contributed by atoms with van der Waals surface area (Å²) in [6.07, 6.45) is 2.02. The molecule has 2 N–H and O–H groups in total. The van der Waals surface area contributed by atoms with E-state index in [1.165, 1.54) is 0 Å². The number of amides is 1. The van der Waals surface area contributed by atoms with E-state index in [4.69, 9.17) is 4.74 Å². The molecular weight excluding hydrogens is 568 g/mol. The van der Waals surface area contributed by atoms with Crippen LogP contribution < -0.4 is 5.32 Å². The number of nitrogens with one attached hydrogen (secondary N) is 2. The predicted octanol–water partition coefficient (Wildman–Crippen LogP) is 6.22. The van der Waals surface area contributed by atoms with E-state index in [1.54, 1.807) is 24.3 Å². The van der Waals surface area contributed by atoms with Crippen LogP contribution in [0.5, 0.6) is 0 Å². The first-order chi connectivity index (χ1) is 19.5. The highest BCUT2D eigenvalue weighted by Crippen LogP contribution is 2.26. The lowest BCUT2D eigenvalue weighted by molar-refractivity contribution is -0.146. The lowest BCUT2D eigenvalue weighted by Crippen LogP contribution is -2.45. The average Bonchev–Trinajstić information content (AvgIpc) is 3.40. The molecule has 0 aliphatic rings. The van der Waals surface area contributed by atoms with Crippen LogP contribution in [0.2, 0.25) is 0 Å². The number of hydrogen-bond donors (Lipinski definition) is 2. The summed E-state index contributed by atoms with van der Waals surface area (Å²) >= 11 is 3.35. The third kappa shape index (κ3) is 6.38. The van der Waals surface area contributed by atoms with Gasteiger partial charge in [-0.15, -0.1) is 0 Å². The molecule has 200 valence electrons. The van der Waals surface area contributed by atoms with Crippen LogP contribution >= 0.6 is 15.9 Å². The van der Waals surface area contributed by atoms with Gasteiger partial charge < -0.3 is 15.0 Å². The van der Waals surface area contributed by atoms with Crippen LogP contribution in [-0.2, 0) is 20.7 Å². The molecule has 0 aliphatic heterocycles. The quantitative estimate of drug-likeness (QED) is 0.148. The van der Waals surface area contributed by atoms with Crippen molar-refractivity contribution in [3.05, 3.63) is 142 Å². The number of carbonyl (C=O) groups excluding carboxylic acids is 3. The molecule has 1 heterocycles. The van der Waals surface area contributed by atoms with Gasteiger partial charge in [-0.05, 0) is 34.9 Å². The number of esters is 1. The number of ketones is 1. The number of aromatic amines is 1. The Morgan fingerprint density at radius 2 is 1.38 bits per heavy atom. The van der Waals surface area contributed by atoms with Crippen LogP contribution in [0.3, 0.4) is 0 Å². The van der Waals surface area contributed by atoms with Gasteiger partial charge in [0.25, 0.3) is 0 Å². The third-order valence-electron chi connectivity index (χ3n) is 6.74. The molecule has 0 aliphatic carbocycles. The summed E-state index contributed by atoms with van der Waals surface area (Å²) in [6.45, 7) is -0.429. The largest absolute Gasteiger partial charge is 0.456 e. The zero-order valence-electron chi connectivity index (χ0n) is 21.5. The Bertz CT molecular complexity index is 1580. The predicted molar refractivity (Wildman–Crippen MR) is 158 cm³/mol. The summed E-state index contributed by atoms with van der Waals surface area (Å²) < 4.78 is 6.32. The molecule has 0 spiro atoms. The van der Waals surface area contributed by atoms with Crippen molar-refractivity contribution < 1.29 is 19.1 Å². The minimum atomic E-state index is -1.01. The fourth-order valence-electron chi connectivity index (χ4n) is 4.71. The minimum Gasteiger partial charge on any atom is -0.456 e. The van der Waals surface area contributed by atoms with E-state index in [1.807, 2.05) is 91.1 Å². The van der Waals surface area contributed by atoms with Crippen LogP contribution in [0.1, 0.15) is 33.0 Å². The van der Waals surface area contributed by atoms with Crippen molar-refractivity contribution in [3.63, 3.8) is 0 Å². The first kappa shape index (κ1) is 27.1. The van der Waals surface area contributed by atoms with Crippen molar-refractivity contribution in [2.24, 2.45) is 0 Å². The van der Waals surface area contributed by atoms with Crippen LogP contribution in [0.25, 0.3) is 10.9 Å². The summed E-state index contributed by atoms with van der Waals surface area (Å²) in [5, 5.41) is 3.89. The molecule has 40 heavy (non-hydrogen) atoms. The molecule has 7 heteroatoms. The Balaban J connectivity index is 1.40. The number of para-hydroxylation sites is 1. The van der Waals surface area contributed by atoms with Crippen LogP contribution in [-0.4, -0.2) is 35.3 Å². The highest BCUT2D eigenvalue weighted by molar-refractivity contribution is 9.10. The maximum atomic E-state index is 13.8. The summed E-state index contributed by atoms with van der Waals surface area (Å²) in [6, 6.07) is 32.4. The van der Waals surface area contributed by atoms with Crippen LogP contribution in [0, 0.1) is 0 Å². The standard InChI is InChI=1S/C33H27BrN2O4/c34-26-17-15-22(16-18-26)30(37)21-40-33(39)29(19-25-20-35-28-14-8-7-13-27(25)28)36-32(38)31(23-9-3-1-4-10-23)24-11-5-2-6-12-24/h1-18,20,29,31,35H,19,21H2,(H,36,38)/t29-/m0/s1. The molecule has 0 saturated heterocycles. The van der Waals surface area contributed by atoms with Crippen molar-refractivity contribution in [2.75, 3.05) is 6.61 Å². The minimum absolute atomic E-state index is 0.192. The molecular formula is C33H27BrN2O4. The van der Waals surface area contributed by atoms with Gasteiger partial charge in [-0.25, -0.2) is 4.79 Å². The first-order valence-electron chi connectivity index (χ1n) is 12.9. The van der Waals surface area contributed by atoms with E-state index < -0.39 is 24.5 Å². The van der Waals surface area contributed by atoms with Crippen molar-refractivity contribution in [1.29, 1.82) is 0 Å². The number of ether oxygens (including phenoxy) is 1. The van der Waals surface area contributed by atoms with Gasteiger partial charge in [-0.1, -0.05) is 107 Å². The van der Waals surface area contributed by atoms with Crippen molar-refractivity contribution in [2.45, 2.75) is 18.4 Å². The Labute approximate surface area is 240 Å². The van der Waals surface area contributed by atoms with Crippen molar-refractivity contribution in [1.82, 2.24) is 10.3 Å². The van der Waals surface area contributed by atoms with Gasteiger partial charge in [0, 0.05) is 33.6 Å². The fourth-order valence-corrected chi connectivity index (χ4v) is 4.98. The second-order valence-electron chi connectivity index (χ2n) is 9.42. The van der Waals surface area contributed by atoms with E-state index >= 15 is 0 Å². The molecule has 6 nitrogen and oxygen atoms in total. The number of aromatic nitrogens is 1. The Kier molecular flexibility index (Phi) is 8.52. The molecule has 5 aromatic rings. The second kappa shape index (κ2) is 12.6. The first-order valence-corrected chi connectivity index (χ1v) is 13.7. The molecule has 1 atom stereocenters. The molecule has 1 aromatic heterocycles. The highest BCUT2D eigenvalue weighted by Gasteiger charge is 2.30. The third-order valence-corrected chi connectivity index (χ3v) is 7.27. The number of hydrogen-bond acceptors (Lipinski definition) is 4. The van der Waals surface area contributed by atoms with Gasteiger partial charge in [0.05, 0.1) is 5.92 Å². The summed E-state index contributed by atoms with van der Waals surface area (Å²) in [7, 11) is 0.